The van der Waals surface area contributed by atoms with E-state index < -0.39 is 0 Å². The van der Waals surface area contributed by atoms with Crippen LogP contribution in [0.25, 0.3) is 10.2 Å². The first kappa shape index (κ1) is 13.9. The van der Waals surface area contributed by atoms with Gasteiger partial charge in [0.1, 0.15) is 0 Å². The second kappa shape index (κ2) is 6.11. The maximum Gasteiger partial charge on any atom is 0.233 e. The van der Waals surface area contributed by atoms with Crippen molar-refractivity contribution in [2.24, 2.45) is 0 Å². The Morgan fingerprint density at radius 3 is 3.20 bits per heavy atom. The summed E-state index contributed by atoms with van der Waals surface area (Å²) in [6.07, 6.45) is 0. The quantitative estimate of drug-likeness (QED) is 0.883. The van der Waals surface area contributed by atoms with Gasteiger partial charge < -0.3 is 10.2 Å². The number of piperazine rings is 1. The largest absolute Gasteiger partial charge is 0.337 e. The first-order valence-corrected chi connectivity index (χ1v) is 8.53. The minimum atomic E-state index is 0.211. The first-order valence-electron chi connectivity index (χ1n) is 6.72. The summed E-state index contributed by atoms with van der Waals surface area (Å²) in [5.41, 5.74) is 1.02. The number of amides is 1. The van der Waals surface area contributed by atoms with E-state index >= 15 is 0 Å². The van der Waals surface area contributed by atoms with Crippen LogP contribution in [0.4, 0.5) is 0 Å². The summed E-state index contributed by atoms with van der Waals surface area (Å²) in [5, 5.41) is 3.30. The summed E-state index contributed by atoms with van der Waals surface area (Å²) in [6, 6.07) is 8.37. The minimum Gasteiger partial charge on any atom is -0.337 e. The fourth-order valence-corrected chi connectivity index (χ4v) is 4.29. The third-order valence-electron chi connectivity index (χ3n) is 3.42. The standard InChI is InChI=1S/C14H17N3OS2/c1-10-8-15-6-7-17(10)13(18)9-19-14-16-11-4-2-3-5-12(11)20-14/h2-5,10,15H,6-9H2,1H3/t10-/m0/s1. The molecule has 20 heavy (non-hydrogen) atoms. The van der Waals surface area contributed by atoms with Crippen molar-refractivity contribution >= 4 is 39.2 Å². The molecule has 1 saturated heterocycles. The summed E-state index contributed by atoms with van der Waals surface area (Å²) in [5.74, 6) is 0.688. The first-order chi connectivity index (χ1) is 9.74. The lowest BCUT2D eigenvalue weighted by molar-refractivity contribution is -0.131. The normalized spacial score (nSPS) is 19.4. The molecule has 4 nitrogen and oxygen atoms in total. The Morgan fingerprint density at radius 2 is 2.40 bits per heavy atom. The molecular weight excluding hydrogens is 290 g/mol. The Balaban J connectivity index is 1.62. The molecule has 1 fully saturated rings. The number of thioether (sulfide) groups is 1. The van der Waals surface area contributed by atoms with Crippen molar-refractivity contribution < 1.29 is 4.79 Å². The maximum atomic E-state index is 12.3. The van der Waals surface area contributed by atoms with Gasteiger partial charge in [-0.15, -0.1) is 11.3 Å². The van der Waals surface area contributed by atoms with Gasteiger partial charge in [0, 0.05) is 25.7 Å². The molecule has 1 atom stereocenters. The van der Waals surface area contributed by atoms with E-state index in [1.807, 2.05) is 23.1 Å². The van der Waals surface area contributed by atoms with E-state index in [1.165, 1.54) is 4.70 Å². The number of nitrogens with one attached hydrogen (secondary N) is 1. The number of benzene rings is 1. The molecule has 1 N–H and O–H groups in total. The van der Waals surface area contributed by atoms with Crippen LogP contribution >= 0.6 is 23.1 Å². The number of thiazole rings is 1. The van der Waals surface area contributed by atoms with E-state index in [-0.39, 0.29) is 11.9 Å². The van der Waals surface area contributed by atoms with Crippen LogP contribution < -0.4 is 5.32 Å². The predicted octanol–water partition coefficient (Wildman–Crippen LogP) is 2.21. The number of hydrogen-bond acceptors (Lipinski definition) is 5. The molecule has 0 unspecified atom stereocenters. The Kier molecular flexibility index (Phi) is 4.24. The van der Waals surface area contributed by atoms with Crippen LogP contribution in [0, 0.1) is 0 Å². The van der Waals surface area contributed by atoms with Gasteiger partial charge >= 0.3 is 0 Å². The van der Waals surface area contributed by atoms with Gasteiger partial charge in [0.05, 0.1) is 16.0 Å². The van der Waals surface area contributed by atoms with E-state index in [0.717, 1.165) is 29.5 Å². The van der Waals surface area contributed by atoms with Gasteiger partial charge in [-0.25, -0.2) is 4.98 Å². The van der Waals surface area contributed by atoms with Gasteiger partial charge in [-0.1, -0.05) is 23.9 Å². The van der Waals surface area contributed by atoms with Crippen molar-refractivity contribution in [1.29, 1.82) is 0 Å². The number of hydrogen-bond donors (Lipinski definition) is 1. The van der Waals surface area contributed by atoms with Gasteiger partial charge in [0.25, 0.3) is 0 Å². The number of rotatable bonds is 3. The fourth-order valence-electron chi connectivity index (χ4n) is 2.33. The van der Waals surface area contributed by atoms with Crippen molar-refractivity contribution in [2.75, 3.05) is 25.4 Å². The van der Waals surface area contributed by atoms with Crippen LogP contribution in [0.1, 0.15) is 6.92 Å². The number of carbonyl (C=O) groups excluding carboxylic acids is 1. The lowest BCUT2D eigenvalue weighted by Gasteiger charge is -2.33. The molecule has 1 aliphatic rings. The monoisotopic (exact) mass is 307 g/mol. The summed E-state index contributed by atoms with van der Waals surface area (Å²) >= 11 is 3.20. The van der Waals surface area contributed by atoms with Crippen LogP contribution in [-0.2, 0) is 4.79 Å². The number of para-hydroxylation sites is 1. The molecule has 0 saturated carbocycles. The van der Waals surface area contributed by atoms with E-state index in [1.54, 1.807) is 23.1 Å². The van der Waals surface area contributed by atoms with E-state index in [2.05, 4.69) is 23.3 Å². The second-order valence-corrected chi connectivity index (χ2v) is 7.13. The Labute approximate surface area is 126 Å². The van der Waals surface area contributed by atoms with Gasteiger partial charge in [-0.3, -0.25) is 4.79 Å². The summed E-state index contributed by atoms with van der Waals surface area (Å²) in [4.78, 5) is 18.8. The molecule has 106 valence electrons. The SMILES string of the molecule is C[C@H]1CNCCN1C(=O)CSc1nc2ccccc2s1. The van der Waals surface area contributed by atoms with E-state index in [9.17, 15) is 4.79 Å². The second-order valence-electron chi connectivity index (χ2n) is 4.88. The highest BCUT2D eigenvalue weighted by Gasteiger charge is 2.23. The van der Waals surface area contributed by atoms with Crippen molar-refractivity contribution in [3.05, 3.63) is 24.3 Å². The molecule has 2 aromatic rings. The average molecular weight is 307 g/mol. The Hall–Kier alpha value is -1.11. The zero-order valence-corrected chi connectivity index (χ0v) is 13.0. The molecule has 1 aliphatic heterocycles. The lowest BCUT2D eigenvalue weighted by Crippen LogP contribution is -2.52. The summed E-state index contributed by atoms with van der Waals surface area (Å²) in [6.45, 7) is 4.67. The number of carbonyl (C=O) groups is 1. The van der Waals surface area contributed by atoms with E-state index in [4.69, 9.17) is 0 Å². The minimum absolute atomic E-state index is 0.211. The Bertz CT molecular complexity index is 580. The molecule has 1 aromatic carbocycles. The van der Waals surface area contributed by atoms with Crippen molar-refractivity contribution in [3.8, 4) is 0 Å². The zero-order valence-electron chi connectivity index (χ0n) is 11.3. The van der Waals surface area contributed by atoms with Crippen LogP contribution in [0.2, 0.25) is 0 Å². The maximum absolute atomic E-state index is 12.3. The molecular formula is C14H17N3OS2. The number of fused-ring (bicyclic) bond motifs is 1. The van der Waals surface area contributed by atoms with Gasteiger partial charge in [-0.2, -0.15) is 0 Å². The summed E-state index contributed by atoms with van der Waals surface area (Å²) < 4.78 is 2.15. The summed E-state index contributed by atoms with van der Waals surface area (Å²) in [7, 11) is 0. The average Bonchev–Trinajstić information content (AvgIpc) is 2.88. The van der Waals surface area contributed by atoms with Crippen LogP contribution in [0.5, 0.6) is 0 Å². The predicted molar refractivity (Wildman–Crippen MR) is 84.4 cm³/mol. The van der Waals surface area contributed by atoms with Crippen LogP contribution in [0.15, 0.2) is 28.6 Å². The molecule has 1 amide bonds. The molecule has 0 bridgehead atoms. The Morgan fingerprint density at radius 1 is 1.55 bits per heavy atom. The lowest BCUT2D eigenvalue weighted by atomic mass is 10.2. The van der Waals surface area contributed by atoms with Gasteiger partial charge in [0.2, 0.25) is 5.91 Å². The molecule has 0 spiro atoms. The molecule has 0 aliphatic carbocycles. The smallest absolute Gasteiger partial charge is 0.233 e. The number of nitrogens with zero attached hydrogens (tertiary/aromatic N) is 2. The highest BCUT2D eigenvalue weighted by atomic mass is 32.2. The van der Waals surface area contributed by atoms with Crippen LogP contribution in [0.3, 0.4) is 0 Å². The van der Waals surface area contributed by atoms with Crippen molar-refractivity contribution in [3.63, 3.8) is 0 Å². The molecule has 0 radical (unpaired) electrons. The van der Waals surface area contributed by atoms with Gasteiger partial charge in [0.15, 0.2) is 4.34 Å². The van der Waals surface area contributed by atoms with Crippen molar-refractivity contribution in [2.45, 2.75) is 17.3 Å². The third kappa shape index (κ3) is 2.97. The topological polar surface area (TPSA) is 45.2 Å². The van der Waals surface area contributed by atoms with E-state index in [0.29, 0.717) is 5.75 Å². The third-order valence-corrected chi connectivity index (χ3v) is 5.58. The zero-order chi connectivity index (χ0) is 13.9. The van der Waals surface area contributed by atoms with Crippen molar-refractivity contribution in [1.82, 2.24) is 15.2 Å². The molecule has 6 heteroatoms. The van der Waals surface area contributed by atoms with Gasteiger partial charge in [-0.05, 0) is 19.1 Å². The molecule has 1 aromatic heterocycles. The highest BCUT2D eigenvalue weighted by molar-refractivity contribution is 8.01. The highest BCUT2D eigenvalue weighted by Crippen LogP contribution is 2.29. The molecule has 2 heterocycles. The number of aromatic nitrogens is 1. The van der Waals surface area contributed by atoms with Crippen LogP contribution in [-0.4, -0.2) is 47.2 Å². The fraction of sp³-hybridized carbons (Fsp3) is 0.429. The molecule has 3 rings (SSSR count).